The molecule has 0 saturated heterocycles. The van der Waals surface area contributed by atoms with Gasteiger partial charge >= 0.3 is 6.09 Å². The number of rotatable bonds is 10. The van der Waals surface area contributed by atoms with Crippen LogP contribution in [0.15, 0.2) is 30.9 Å². The molecule has 0 saturated carbocycles. The van der Waals surface area contributed by atoms with Crippen molar-refractivity contribution >= 4 is 17.9 Å². The summed E-state index contributed by atoms with van der Waals surface area (Å²) in [5.41, 5.74) is 1.94. The first-order valence-electron chi connectivity index (χ1n) is 11.6. The molecule has 0 aliphatic heterocycles. The van der Waals surface area contributed by atoms with Crippen LogP contribution in [0.25, 0.3) is 0 Å². The highest BCUT2D eigenvalue weighted by Crippen LogP contribution is 2.27. The van der Waals surface area contributed by atoms with E-state index in [2.05, 4.69) is 24.1 Å². The molecule has 0 aliphatic rings. The number of carbonyl (C=O) groups is 3. The Kier molecular flexibility index (Phi) is 10.6. The lowest BCUT2D eigenvalue weighted by molar-refractivity contribution is -0.141. The number of aryl methyl sites for hydroxylation is 2. The van der Waals surface area contributed by atoms with Crippen molar-refractivity contribution in [3.05, 3.63) is 47.5 Å². The third kappa shape index (κ3) is 8.91. The normalized spacial score (nSPS) is 13.9. The van der Waals surface area contributed by atoms with Crippen LogP contribution in [0, 0.1) is 13.8 Å². The highest BCUT2D eigenvalue weighted by Gasteiger charge is 2.35. The molecule has 0 aliphatic carbocycles. The lowest BCUT2D eigenvalue weighted by atomic mass is 9.96. The van der Waals surface area contributed by atoms with Crippen molar-refractivity contribution in [2.75, 3.05) is 6.54 Å². The number of alkyl carbamates (subject to hydrolysis) is 1. The van der Waals surface area contributed by atoms with Gasteiger partial charge in [0.2, 0.25) is 11.8 Å². The molecule has 7 nitrogen and oxygen atoms in total. The summed E-state index contributed by atoms with van der Waals surface area (Å²) in [6.07, 6.45) is 2.66. The molecule has 184 valence electrons. The molecule has 7 heteroatoms. The minimum atomic E-state index is -0.895. The Hall–Kier alpha value is -2.83. The second-order valence-electron chi connectivity index (χ2n) is 9.61. The molecule has 3 amide bonds. The molecule has 0 spiro atoms. The van der Waals surface area contributed by atoms with Crippen LogP contribution in [0.4, 0.5) is 4.79 Å². The fraction of sp³-hybridized carbons (Fsp3) is 0.577. The Morgan fingerprint density at radius 1 is 1.15 bits per heavy atom. The van der Waals surface area contributed by atoms with Crippen LogP contribution in [0.5, 0.6) is 0 Å². The monoisotopic (exact) mass is 459 g/mol. The first-order valence-corrected chi connectivity index (χ1v) is 11.6. The molecule has 1 aromatic rings. The van der Waals surface area contributed by atoms with Crippen molar-refractivity contribution in [2.45, 2.75) is 92.0 Å². The molecule has 0 bridgehead atoms. The van der Waals surface area contributed by atoms with Crippen molar-refractivity contribution in [2.24, 2.45) is 0 Å². The zero-order valence-electron chi connectivity index (χ0n) is 21.5. The van der Waals surface area contributed by atoms with E-state index < -0.39 is 29.7 Å². The zero-order valence-corrected chi connectivity index (χ0v) is 21.5. The van der Waals surface area contributed by atoms with Gasteiger partial charge in [0, 0.05) is 12.6 Å². The average Bonchev–Trinajstić information content (AvgIpc) is 2.68. The Morgan fingerprint density at radius 2 is 1.79 bits per heavy atom. The van der Waals surface area contributed by atoms with Crippen molar-refractivity contribution in [3.8, 4) is 0 Å². The van der Waals surface area contributed by atoms with Gasteiger partial charge in [0.05, 0.1) is 0 Å². The summed E-state index contributed by atoms with van der Waals surface area (Å²) in [6.45, 7) is 18.6. The van der Waals surface area contributed by atoms with E-state index in [9.17, 15) is 14.4 Å². The van der Waals surface area contributed by atoms with Crippen molar-refractivity contribution in [3.63, 3.8) is 0 Å². The van der Waals surface area contributed by atoms with Crippen LogP contribution in [-0.4, -0.2) is 47.0 Å². The van der Waals surface area contributed by atoms with Crippen LogP contribution in [0.1, 0.15) is 77.1 Å². The zero-order chi connectivity index (χ0) is 25.3. The molecule has 0 fully saturated rings. The number of benzene rings is 1. The number of nitrogens with one attached hydrogen (secondary N) is 2. The second kappa shape index (κ2) is 12.4. The van der Waals surface area contributed by atoms with Crippen molar-refractivity contribution < 1.29 is 19.1 Å². The van der Waals surface area contributed by atoms with E-state index in [-0.39, 0.29) is 18.5 Å². The summed E-state index contributed by atoms with van der Waals surface area (Å²) in [5, 5.41) is 5.64. The van der Waals surface area contributed by atoms with E-state index in [0.717, 1.165) is 29.5 Å². The van der Waals surface area contributed by atoms with E-state index in [1.54, 1.807) is 33.8 Å². The average molecular weight is 460 g/mol. The fourth-order valence-corrected chi connectivity index (χ4v) is 3.59. The SMILES string of the molecule is C=CCN(C(=O)C(C)NC(=O)OC(C)(C)C)C(C(=O)NC(C)CCC)c1cc(C)ccc1C. The summed E-state index contributed by atoms with van der Waals surface area (Å²) in [5.74, 6) is -0.658. The quantitative estimate of drug-likeness (QED) is 0.502. The summed E-state index contributed by atoms with van der Waals surface area (Å²) in [7, 11) is 0. The van der Waals surface area contributed by atoms with Gasteiger partial charge in [0.25, 0.3) is 0 Å². The first kappa shape index (κ1) is 28.2. The number of carbonyl (C=O) groups excluding carboxylic acids is 3. The van der Waals surface area contributed by atoms with Gasteiger partial charge in [-0.05, 0) is 66.0 Å². The van der Waals surface area contributed by atoms with Crippen LogP contribution < -0.4 is 10.6 Å². The Labute approximate surface area is 198 Å². The minimum absolute atomic E-state index is 0.0342. The maximum Gasteiger partial charge on any atom is 0.408 e. The molecule has 1 rings (SSSR count). The third-order valence-electron chi connectivity index (χ3n) is 5.11. The molecule has 3 unspecified atom stereocenters. The van der Waals surface area contributed by atoms with Gasteiger partial charge in [0.15, 0.2) is 0 Å². The predicted octanol–water partition coefficient (Wildman–Crippen LogP) is 4.58. The Morgan fingerprint density at radius 3 is 2.33 bits per heavy atom. The summed E-state index contributed by atoms with van der Waals surface area (Å²) in [4.78, 5) is 40.7. The standard InChI is InChI=1S/C26H41N3O4/c1-10-12-19(5)27-23(30)22(21-16-17(3)13-14-18(21)4)29(15-11-2)24(31)20(6)28-25(32)33-26(7,8)9/h11,13-14,16,19-20,22H,2,10,12,15H2,1,3-9H3,(H,27,30)(H,28,32). The number of hydrogen-bond acceptors (Lipinski definition) is 4. The number of amides is 3. The lowest BCUT2D eigenvalue weighted by Crippen LogP contribution is -2.52. The highest BCUT2D eigenvalue weighted by atomic mass is 16.6. The fourth-order valence-electron chi connectivity index (χ4n) is 3.59. The molecule has 2 N–H and O–H groups in total. The van der Waals surface area contributed by atoms with Gasteiger partial charge in [0.1, 0.15) is 17.7 Å². The minimum Gasteiger partial charge on any atom is -0.444 e. The molecule has 1 aromatic carbocycles. The molecule has 0 aromatic heterocycles. The largest absolute Gasteiger partial charge is 0.444 e. The van der Waals surface area contributed by atoms with E-state index in [1.807, 2.05) is 39.0 Å². The Bertz CT molecular complexity index is 844. The number of hydrogen-bond donors (Lipinski definition) is 2. The molecule has 0 radical (unpaired) electrons. The van der Waals surface area contributed by atoms with Gasteiger partial charge in [-0.3, -0.25) is 9.59 Å². The predicted molar refractivity (Wildman–Crippen MR) is 132 cm³/mol. The highest BCUT2D eigenvalue weighted by molar-refractivity contribution is 5.92. The van der Waals surface area contributed by atoms with Crippen LogP contribution in [0.2, 0.25) is 0 Å². The maximum absolute atomic E-state index is 13.5. The van der Waals surface area contributed by atoms with Gasteiger partial charge in [-0.1, -0.05) is 43.2 Å². The third-order valence-corrected chi connectivity index (χ3v) is 5.11. The van der Waals surface area contributed by atoms with E-state index >= 15 is 0 Å². The number of nitrogens with zero attached hydrogens (tertiary/aromatic N) is 1. The van der Waals surface area contributed by atoms with Gasteiger partial charge in [-0.15, -0.1) is 6.58 Å². The van der Waals surface area contributed by atoms with Crippen LogP contribution in [0.3, 0.4) is 0 Å². The van der Waals surface area contributed by atoms with Crippen molar-refractivity contribution in [1.29, 1.82) is 0 Å². The lowest BCUT2D eigenvalue weighted by Gasteiger charge is -2.34. The molecule has 0 heterocycles. The van der Waals surface area contributed by atoms with E-state index in [4.69, 9.17) is 4.74 Å². The van der Waals surface area contributed by atoms with Gasteiger partial charge < -0.3 is 20.3 Å². The maximum atomic E-state index is 13.5. The smallest absolute Gasteiger partial charge is 0.408 e. The molecule has 3 atom stereocenters. The van der Waals surface area contributed by atoms with Crippen LogP contribution >= 0.6 is 0 Å². The summed E-state index contributed by atoms with van der Waals surface area (Å²) < 4.78 is 5.28. The number of ether oxygens (including phenoxy) is 1. The van der Waals surface area contributed by atoms with Crippen molar-refractivity contribution in [1.82, 2.24) is 15.5 Å². The van der Waals surface area contributed by atoms with E-state index in [1.165, 1.54) is 4.90 Å². The second-order valence-corrected chi connectivity index (χ2v) is 9.61. The first-order chi connectivity index (χ1) is 15.3. The van der Waals surface area contributed by atoms with Gasteiger partial charge in [-0.2, -0.15) is 0 Å². The topological polar surface area (TPSA) is 87.7 Å². The van der Waals surface area contributed by atoms with Crippen LogP contribution in [-0.2, 0) is 14.3 Å². The summed E-state index contributed by atoms with van der Waals surface area (Å²) >= 11 is 0. The summed E-state index contributed by atoms with van der Waals surface area (Å²) in [6, 6.07) is 4.05. The van der Waals surface area contributed by atoms with Gasteiger partial charge in [-0.25, -0.2) is 4.79 Å². The molecular weight excluding hydrogens is 418 g/mol. The van der Waals surface area contributed by atoms with E-state index in [0.29, 0.717) is 0 Å². The molecular formula is C26H41N3O4. The Balaban J connectivity index is 3.35. The molecule has 33 heavy (non-hydrogen) atoms.